The van der Waals surface area contributed by atoms with E-state index in [1.54, 1.807) is 42.5 Å². The van der Waals surface area contributed by atoms with Crippen molar-refractivity contribution in [2.75, 3.05) is 11.9 Å². The van der Waals surface area contributed by atoms with Crippen molar-refractivity contribution in [3.8, 4) is 11.8 Å². The van der Waals surface area contributed by atoms with Gasteiger partial charge in [0.25, 0.3) is 5.91 Å². The minimum absolute atomic E-state index is 0.0278. The maximum absolute atomic E-state index is 16.0. The first-order chi connectivity index (χ1) is 30.0. The Morgan fingerprint density at radius 2 is 1.69 bits per heavy atom. The van der Waals surface area contributed by atoms with Crippen LogP contribution in [0.15, 0.2) is 60.7 Å². The Balaban J connectivity index is 0.806. The molecule has 6 aliphatic rings. The second-order valence-electron chi connectivity index (χ2n) is 17.7. The summed E-state index contributed by atoms with van der Waals surface area (Å²) < 4.78 is 16.0. The van der Waals surface area contributed by atoms with Crippen LogP contribution in [0.25, 0.3) is 0 Å². The second kappa shape index (κ2) is 16.9. The number of nitrogens with one attached hydrogen (secondary N) is 5. The topological polar surface area (TPSA) is 166 Å². The normalized spacial score (nSPS) is 27.3. The van der Waals surface area contributed by atoms with Crippen LogP contribution in [-0.2, 0) is 35.9 Å². The lowest BCUT2D eigenvalue weighted by Gasteiger charge is -2.47. The predicted molar refractivity (Wildman–Crippen MR) is 229 cm³/mol. The van der Waals surface area contributed by atoms with Gasteiger partial charge in [-0.3, -0.25) is 39.4 Å². The van der Waals surface area contributed by atoms with Crippen LogP contribution in [0.3, 0.4) is 0 Å². The summed E-state index contributed by atoms with van der Waals surface area (Å²) in [6, 6.07) is 15.4. The van der Waals surface area contributed by atoms with Crippen LogP contribution in [0.1, 0.15) is 122 Å². The van der Waals surface area contributed by atoms with Crippen LogP contribution in [0.2, 0.25) is 5.02 Å². The summed E-state index contributed by atoms with van der Waals surface area (Å²) >= 11 is 6.40. The van der Waals surface area contributed by atoms with Gasteiger partial charge in [-0.05, 0) is 98.4 Å². The number of benzene rings is 3. The Morgan fingerprint density at radius 1 is 0.903 bits per heavy atom. The number of carbonyl (C=O) groups is 6. The van der Waals surface area contributed by atoms with E-state index in [1.807, 2.05) is 12.1 Å². The molecule has 1 unspecified atom stereocenters. The zero-order valence-corrected chi connectivity index (χ0v) is 35.2. The highest BCUT2D eigenvalue weighted by Gasteiger charge is 2.72. The van der Waals surface area contributed by atoms with Crippen molar-refractivity contribution in [2.45, 2.75) is 125 Å². The number of imide groups is 1. The fraction of sp³-hybridized carbons (Fsp3) is 0.458. The van der Waals surface area contributed by atoms with Crippen LogP contribution in [-0.4, -0.2) is 70.6 Å². The second-order valence-corrected chi connectivity index (χ2v) is 18.1. The van der Waals surface area contributed by atoms with E-state index in [9.17, 15) is 28.8 Å². The lowest BCUT2D eigenvalue weighted by atomic mass is 9.55. The van der Waals surface area contributed by atoms with E-state index in [4.69, 9.17) is 11.6 Å². The van der Waals surface area contributed by atoms with E-state index in [0.29, 0.717) is 86.2 Å². The summed E-state index contributed by atoms with van der Waals surface area (Å²) in [5.74, 6) is 3.28. The van der Waals surface area contributed by atoms with Crippen LogP contribution in [0.5, 0.6) is 0 Å². The molecule has 5 N–H and O–H groups in total. The molecule has 0 radical (unpaired) electrons. The molecule has 62 heavy (non-hydrogen) atoms. The summed E-state index contributed by atoms with van der Waals surface area (Å²) in [7, 11) is 0. The molecule has 4 aliphatic heterocycles. The first-order valence-corrected chi connectivity index (χ1v) is 22.4. The fourth-order valence-electron chi connectivity index (χ4n) is 11.4. The number of hydrogen-bond acceptors (Lipinski definition) is 7. The third-order valence-electron chi connectivity index (χ3n) is 14.3. The van der Waals surface area contributed by atoms with E-state index < -0.39 is 40.7 Å². The van der Waals surface area contributed by atoms with E-state index in [1.165, 1.54) is 11.0 Å². The van der Waals surface area contributed by atoms with E-state index in [0.717, 1.165) is 36.0 Å². The zero-order chi connectivity index (χ0) is 43.2. The van der Waals surface area contributed by atoms with Gasteiger partial charge in [-0.1, -0.05) is 73.0 Å². The average molecular weight is 861 g/mol. The van der Waals surface area contributed by atoms with Crippen LogP contribution < -0.4 is 26.6 Å². The van der Waals surface area contributed by atoms with Crippen LogP contribution >= 0.6 is 11.6 Å². The van der Waals surface area contributed by atoms with Gasteiger partial charge in [-0.2, -0.15) is 0 Å². The fourth-order valence-corrected chi connectivity index (χ4v) is 11.5. The molecule has 2 saturated heterocycles. The van der Waals surface area contributed by atoms with E-state index in [-0.39, 0.29) is 54.5 Å². The molecule has 12 nitrogen and oxygen atoms in total. The number of hydrogen-bond donors (Lipinski definition) is 5. The summed E-state index contributed by atoms with van der Waals surface area (Å²) in [5, 5.41) is 15.9. The third-order valence-corrected chi connectivity index (χ3v) is 14.5. The first-order valence-electron chi connectivity index (χ1n) is 22.0. The minimum atomic E-state index is -1.25. The van der Waals surface area contributed by atoms with Crippen molar-refractivity contribution in [1.29, 1.82) is 0 Å². The number of amides is 6. The van der Waals surface area contributed by atoms with Gasteiger partial charge in [0.2, 0.25) is 29.5 Å². The predicted octanol–water partition coefficient (Wildman–Crippen LogP) is 5.51. The number of carbonyl (C=O) groups excluding carboxylic acids is 6. The summed E-state index contributed by atoms with van der Waals surface area (Å²) in [6.45, 7) is 0.709. The maximum Gasteiger partial charge on any atom is 0.255 e. The van der Waals surface area contributed by atoms with Gasteiger partial charge in [-0.15, -0.1) is 0 Å². The minimum Gasteiger partial charge on any atom is -0.356 e. The molecule has 4 atom stereocenters. The highest BCUT2D eigenvalue weighted by Crippen LogP contribution is 2.62. The molecule has 2 aliphatic carbocycles. The molecule has 4 fully saturated rings. The van der Waals surface area contributed by atoms with Crippen molar-refractivity contribution in [3.05, 3.63) is 99.3 Å². The largest absolute Gasteiger partial charge is 0.356 e. The van der Waals surface area contributed by atoms with Crippen molar-refractivity contribution >= 4 is 52.7 Å². The van der Waals surface area contributed by atoms with E-state index >= 15 is 4.39 Å². The Hall–Kier alpha value is -5.58. The summed E-state index contributed by atoms with van der Waals surface area (Å²) in [6.07, 6.45) is 8.14. The molecular weight excluding hydrogens is 811 g/mol. The monoisotopic (exact) mass is 860 g/mol. The van der Waals surface area contributed by atoms with Gasteiger partial charge in [0.05, 0.1) is 6.04 Å². The number of unbranched alkanes of at least 4 members (excludes halogenated alkanes) is 1. The highest BCUT2D eigenvalue weighted by molar-refractivity contribution is 6.31. The molecule has 322 valence electrons. The Labute approximate surface area is 364 Å². The number of piperidine rings is 1. The number of nitrogens with zero attached hydrogens (tertiary/aromatic N) is 1. The molecule has 0 aromatic heterocycles. The highest BCUT2D eigenvalue weighted by atomic mass is 35.5. The first kappa shape index (κ1) is 41.8. The third kappa shape index (κ3) is 7.24. The van der Waals surface area contributed by atoms with Crippen molar-refractivity contribution in [2.24, 2.45) is 5.92 Å². The van der Waals surface area contributed by atoms with Gasteiger partial charge in [0, 0.05) is 71.2 Å². The molecule has 2 saturated carbocycles. The van der Waals surface area contributed by atoms with Gasteiger partial charge < -0.3 is 20.9 Å². The number of fused-ring (bicyclic) bond motifs is 4. The summed E-state index contributed by atoms with van der Waals surface area (Å²) in [4.78, 5) is 81.1. The maximum atomic E-state index is 16.0. The van der Waals surface area contributed by atoms with Crippen molar-refractivity contribution in [3.63, 3.8) is 0 Å². The molecule has 0 bridgehead atoms. The Kier molecular flexibility index (Phi) is 11.4. The Morgan fingerprint density at radius 3 is 2.47 bits per heavy atom. The van der Waals surface area contributed by atoms with E-state index in [2.05, 4.69) is 38.4 Å². The molecule has 3 aromatic rings. The molecular formula is C48H50ClFN6O6. The van der Waals surface area contributed by atoms with Gasteiger partial charge in [-0.25, -0.2) is 4.39 Å². The molecule has 9 rings (SSSR count). The number of rotatable bonds is 8. The van der Waals surface area contributed by atoms with Crippen molar-refractivity contribution < 1.29 is 33.2 Å². The molecule has 4 heterocycles. The summed E-state index contributed by atoms with van der Waals surface area (Å²) in [5.41, 5.74) is 1.63. The van der Waals surface area contributed by atoms with Crippen molar-refractivity contribution in [1.82, 2.24) is 26.2 Å². The number of halogens is 2. The molecule has 2 spiro atoms. The average Bonchev–Trinajstić information content (AvgIpc) is 3.86. The lowest BCUT2D eigenvalue weighted by molar-refractivity contribution is -0.137. The van der Waals surface area contributed by atoms with Gasteiger partial charge in [0.15, 0.2) is 0 Å². The smallest absolute Gasteiger partial charge is 0.255 e. The lowest BCUT2D eigenvalue weighted by Crippen LogP contribution is -2.60. The molecule has 6 amide bonds. The van der Waals surface area contributed by atoms with Crippen LogP contribution in [0.4, 0.5) is 10.1 Å². The zero-order valence-electron chi connectivity index (χ0n) is 34.4. The quantitative estimate of drug-likeness (QED) is 0.113. The van der Waals surface area contributed by atoms with Gasteiger partial charge in [0.1, 0.15) is 17.3 Å². The SMILES string of the molecule is O=C1CCC(N2Cc3c(C#CCCCNC(=O)[C@H]4CC[C@H](NC(=O)[C@@H]5NC6(CCCCC6)[C@@]6(C(=O)Nc7cc(Cl)ccc76)[C@H]5c5ccccc5F)CC4)cccc3C2=O)C(=O)N1. The van der Waals surface area contributed by atoms with Crippen LogP contribution in [0, 0.1) is 23.6 Å². The van der Waals surface area contributed by atoms with Gasteiger partial charge >= 0.3 is 0 Å². The Bertz CT molecular complexity index is 2420. The molecule has 3 aromatic carbocycles. The molecule has 14 heteroatoms. The standard InChI is InChI=1S/C48H50ClFN6O6/c49-30-17-20-35-37(26-30)53-46(62)48(35)40(33-12-4-5-14-36(33)50)41(55-47(48)23-6-2-7-24-47)44(60)52-31-18-15-29(16-19-31)42(58)51-25-8-1-3-10-28-11-9-13-32-34(28)27-56(45(32)61)38-21-22-39(57)54-43(38)59/h4-5,9,11-14,17,20,26,29,31,38,40-41,55H,1-2,6-8,15-16,18-19,21-25,27H2,(H,51,58)(H,52,60)(H,53,62)(H,54,57,59)/t29-,31-,38?,40-,41+,48+/m0/s1. The number of anilines is 1.